The summed E-state index contributed by atoms with van der Waals surface area (Å²) < 4.78 is 2.90. The Morgan fingerprint density at radius 2 is 2.31 bits per heavy atom. The summed E-state index contributed by atoms with van der Waals surface area (Å²) in [4.78, 5) is 4.00. The Hall–Kier alpha value is -0.950. The average molecular weight is 302 g/mol. The van der Waals surface area contributed by atoms with E-state index in [1.807, 2.05) is 12.5 Å². The SMILES string of the molecule is Brc1nnc(NCCCCn2ccnc2)s1. The molecule has 16 heavy (non-hydrogen) atoms. The monoisotopic (exact) mass is 301 g/mol. The van der Waals surface area contributed by atoms with Crippen LogP contribution in [-0.4, -0.2) is 26.3 Å². The van der Waals surface area contributed by atoms with Crippen molar-refractivity contribution >= 4 is 32.4 Å². The molecule has 0 fully saturated rings. The van der Waals surface area contributed by atoms with Gasteiger partial charge in [-0.3, -0.25) is 0 Å². The van der Waals surface area contributed by atoms with Crippen molar-refractivity contribution in [2.45, 2.75) is 19.4 Å². The summed E-state index contributed by atoms with van der Waals surface area (Å²) in [7, 11) is 0. The van der Waals surface area contributed by atoms with E-state index < -0.39 is 0 Å². The molecular weight excluding hydrogens is 290 g/mol. The Labute approximate surface area is 106 Å². The van der Waals surface area contributed by atoms with Gasteiger partial charge in [-0.15, -0.1) is 10.2 Å². The number of hydrogen-bond acceptors (Lipinski definition) is 5. The van der Waals surface area contributed by atoms with E-state index in [1.165, 1.54) is 11.3 Å². The van der Waals surface area contributed by atoms with Gasteiger partial charge < -0.3 is 9.88 Å². The Morgan fingerprint density at radius 1 is 1.38 bits per heavy atom. The van der Waals surface area contributed by atoms with Crippen molar-refractivity contribution < 1.29 is 0 Å². The van der Waals surface area contributed by atoms with E-state index in [-0.39, 0.29) is 0 Å². The second-order valence-corrected chi connectivity index (χ2v) is 5.55. The van der Waals surface area contributed by atoms with Gasteiger partial charge in [-0.2, -0.15) is 0 Å². The van der Waals surface area contributed by atoms with Crippen LogP contribution in [0.15, 0.2) is 22.6 Å². The molecule has 2 rings (SSSR count). The molecule has 0 saturated heterocycles. The van der Waals surface area contributed by atoms with E-state index in [0.29, 0.717) is 0 Å². The minimum Gasteiger partial charge on any atom is -0.360 e. The van der Waals surface area contributed by atoms with E-state index in [9.17, 15) is 0 Å². The van der Waals surface area contributed by atoms with Crippen LogP contribution >= 0.6 is 27.3 Å². The fraction of sp³-hybridized carbons (Fsp3) is 0.444. The Morgan fingerprint density at radius 3 is 3.00 bits per heavy atom. The lowest BCUT2D eigenvalue weighted by Gasteiger charge is -2.02. The number of aryl methyl sites for hydroxylation is 1. The molecular formula is C9H12BrN5S. The van der Waals surface area contributed by atoms with Crippen LogP contribution in [0.3, 0.4) is 0 Å². The van der Waals surface area contributed by atoms with Gasteiger partial charge in [-0.25, -0.2) is 4.98 Å². The molecule has 86 valence electrons. The van der Waals surface area contributed by atoms with Crippen LogP contribution < -0.4 is 5.32 Å². The molecule has 0 bridgehead atoms. The van der Waals surface area contributed by atoms with Gasteiger partial charge in [0.25, 0.3) is 0 Å². The molecule has 5 nitrogen and oxygen atoms in total. The quantitative estimate of drug-likeness (QED) is 0.833. The Bertz CT molecular complexity index is 413. The van der Waals surface area contributed by atoms with Gasteiger partial charge in [0.15, 0.2) is 3.92 Å². The van der Waals surface area contributed by atoms with Crippen LogP contribution in [0.5, 0.6) is 0 Å². The van der Waals surface area contributed by atoms with E-state index >= 15 is 0 Å². The molecule has 0 aliphatic carbocycles. The third-order valence-electron chi connectivity index (χ3n) is 2.08. The number of anilines is 1. The highest BCUT2D eigenvalue weighted by atomic mass is 79.9. The molecule has 0 atom stereocenters. The smallest absolute Gasteiger partial charge is 0.206 e. The zero-order valence-corrected chi connectivity index (χ0v) is 11.0. The molecule has 0 radical (unpaired) electrons. The van der Waals surface area contributed by atoms with Crippen molar-refractivity contribution in [2.24, 2.45) is 0 Å². The lowest BCUT2D eigenvalue weighted by atomic mass is 10.3. The van der Waals surface area contributed by atoms with Crippen molar-refractivity contribution in [3.63, 3.8) is 0 Å². The molecule has 0 saturated carbocycles. The molecule has 2 heterocycles. The number of rotatable bonds is 6. The van der Waals surface area contributed by atoms with Crippen LogP contribution in [0, 0.1) is 0 Å². The first-order valence-electron chi connectivity index (χ1n) is 5.03. The van der Waals surface area contributed by atoms with E-state index in [4.69, 9.17) is 0 Å². The highest BCUT2D eigenvalue weighted by Gasteiger charge is 1.99. The third kappa shape index (κ3) is 3.57. The van der Waals surface area contributed by atoms with Gasteiger partial charge in [0.05, 0.1) is 6.33 Å². The lowest BCUT2D eigenvalue weighted by Crippen LogP contribution is -2.03. The minimum absolute atomic E-state index is 0.813. The topological polar surface area (TPSA) is 55.6 Å². The van der Waals surface area contributed by atoms with Crippen molar-refractivity contribution in [1.82, 2.24) is 19.7 Å². The van der Waals surface area contributed by atoms with Crippen molar-refractivity contribution in [3.8, 4) is 0 Å². The first-order valence-corrected chi connectivity index (χ1v) is 6.64. The normalized spacial score (nSPS) is 10.6. The van der Waals surface area contributed by atoms with Gasteiger partial charge >= 0.3 is 0 Å². The number of nitrogens with one attached hydrogen (secondary N) is 1. The van der Waals surface area contributed by atoms with Gasteiger partial charge in [0.1, 0.15) is 0 Å². The van der Waals surface area contributed by atoms with E-state index in [0.717, 1.165) is 35.0 Å². The molecule has 7 heteroatoms. The summed E-state index contributed by atoms with van der Waals surface area (Å²) in [6, 6.07) is 0. The van der Waals surface area contributed by atoms with Crippen LogP contribution in [0.2, 0.25) is 0 Å². The maximum Gasteiger partial charge on any atom is 0.206 e. The highest BCUT2D eigenvalue weighted by Crippen LogP contribution is 2.19. The van der Waals surface area contributed by atoms with E-state index in [1.54, 1.807) is 6.20 Å². The molecule has 0 amide bonds. The summed E-state index contributed by atoms with van der Waals surface area (Å²) in [5.41, 5.74) is 0. The van der Waals surface area contributed by atoms with Crippen LogP contribution in [0.25, 0.3) is 0 Å². The van der Waals surface area contributed by atoms with Crippen LogP contribution in [-0.2, 0) is 6.54 Å². The fourth-order valence-electron chi connectivity index (χ4n) is 1.31. The largest absolute Gasteiger partial charge is 0.360 e. The molecule has 0 aromatic carbocycles. The number of nitrogens with zero attached hydrogens (tertiary/aromatic N) is 4. The highest BCUT2D eigenvalue weighted by molar-refractivity contribution is 9.11. The Kier molecular flexibility index (Phi) is 4.29. The van der Waals surface area contributed by atoms with E-state index in [2.05, 4.69) is 41.0 Å². The molecule has 2 aromatic heterocycles. The van der Waals surface area contributed by atoms with Crippen molar-refractivity contribution in [2.75, 3.05) is 11.9 Å². The summed E-state index contributed by atoms with van der Waals surface area (Å²) in [6.07, 6.45) is 7.86. The summed E-state index contributed by atoms with van der Waals surface area (Å²) in [6.45, 7) is 1.94. The second-order valence-electron chi connectivity index (χ2n) is 3.29. The maximum atomic E-state index is 4.00. The molecule has 0 aliphatic rings. The standard InChI is InChI=1S/C9H12BrN5S/c10-8-13-14-9(16-8)12-3-1-2-5-15-6-4-11-7-15/h4,6-7H,1-3,5H2,(H,12,14). The summed E-state index contributed by atoms with van der Waals surface area (Å²) >= 11 is 4.79. The van der Waals surface area contributed by atoms with Gasteiger partial charge in [0.2, 0.25) is 5.13 Å². The summed E-state index contributed by atoms with van der Waals surface area (Å²) in [5.74, 6) is 0. The number of unbranched alkanes of at least 4 members (excludes halogenated alkanes) is 1. The molecule has 0 unspecified atom stereocenters. The summed E-state index contributed by atoms with van der Waals surface area (Å²) in [5, 5.41) is 11.9. The lowest BCUT2D eigenvalue weighted by molar-refractivity contribution is 0.621. The average Bonchev–Trinajstić information content (AvgIpc) is 2.89. The van der Waals surface area contributed by atoms with Crippen molar-refractivity contribution in [1.29, 1.82) is 0 Å². The molecule has 0 aliphatic heterocycles. The fourth-order valence-corrected chi connectivity index (χ4v) is 2.35. The van der Waals surface area contributed by atoms with Gasteiger partial charge in [-0.1, -0.05) is 11.3 Å². The number of aromatic nitrogens is 4. The molecule has 0 spiro atoms. The third-order valence-corrected chi connectivity index (χ3v) is 3.39. The molecule has 1 N–H and O–H groups in total. The zero-order chi connectivity index (χ0) is 11.2. The number of hydrogen-bond donors (Lipinski definition) is 1. The minimum atomic E-state index is 0.813. The number of halogens is 1. The first kappa shape index (κ1) is 11.5. The predicted octanol–water partition coefficient (Wildman–Crippen LogP) is 2.39. The van der Waals surface area contributed by atoms with Gasteiger partial charge in [-0.05, 0) is 28.8 Å². The van der Waals surface area contributed by atoms with Crippen molar-refractivity contribution in [3.05, 3.63) is 22.6 Å². The zero-order valence-electron chi connectivity index (χ0n) is 8.64. The van der Waals surface area contributed by atoms with Gasteiger partial charge in [0, 0.05) is 25.5 Å². The predicted molar refractivity (Wildman–Crippen MR) is 67.6 cm³/mol. The van der Waals surface area contributed by atoms with Crippen LogP contribution in [0.1, 0.15) is 12.8 Å². The number of imidazole rings is 1. The first-order chi connectivity index (χ1) is 7.84. The Balaban J connectivity index is 1.59. The maximum absolute atomic E-state index is 4.00. The second kappa shape index (κ2) is 5.95. The van der Waals surface area contributed by atoms with Crippen LogP contribution in [0.4, 0.5) is 5.13 Å². The molecule has 2 aromatic rings.